The van der Waals surface area contributed by atoms with E-state index in [1.165, 1.54) is 6.92 Å². The molecular weight excluding hydrogens is 310 g/mol. The van der Waals surface area contributed by atoms with Gasteiger partial charge in [-0.15, -0.1) is 0 Å². The molecule has 0 aliphatic carbocycles. The number of nitrogens with two attached hydrogens (primary N) is 1. The van der Waals surface area contributed by atoms with Gasteiger partial charge in [0.1, 0.15) is 12.1 Å². The van der Waals surface area contributed by atoms with Crippen LogP contribution in [0.4, 0.5) is 0 Å². The third kappa shape index (κ3) is 6.20. The smallest absolute Gasteiger partial charge is 0.326 e. The molecule has 0 aliphatic rings. The van der Waals surface area contributed by atoms with Crippen molar-refractivity contribution in [2.45, 2.75) is 51.4 Å². The third-order valence-corrected chi connectivity index (χ3v) is 3.77. The fourth-order valence-corrected chi connectivity index (χ4v) is 1.84. The summed E-state index contributed by atoms with van der Waals surface area (Å²) in [5.74, 6) is -2.82. The number of aliphatic hydroxyl groups excluding tert-OH is 1. The maximum atomic E-state index is 12.2. The first-order valence-electron chi connectivity index (χ1n) is 7.03. The number of aliphatic hydroxyl groups is 1. The number of nitrogens with one attached hydrogen (secondary N) is 2. The highest BCUT2D eigenvalue weighted by atomic mass is 32.1. The van der Waals surface area contributed by atoms with E-state index in [4.69, 9.17) is 10.8 Å². The fraction of sp³-hybridized carbons (Fsp3) is 0.769. The van der Waals surface area contributed by atoms with E-state index >= 15 is 0 Å². The molecule has 0 rings (SSSR count). The Kier molecular flexibility index (Phi) is 9.07. The molecule has 0 spiro atoms. The van der Waals surface area contributed by atoms with Gasteiger partial charge in [0, 0.05) is 5.75 Å². The molecular formula is C13H25N3O5S. The lowest BCUT2D eigenvalue weighted by Gasteiger charge is -2.26. The standard InChI is InChI=1S/C13H25N3O5S/c1-4-6(2)9(13(20)21)15-12(19)10(7(3)17)16-11(18)8(14)5-22/h6-10,17,22H,4-5,14H2,1-3H3,(H,15,19)(H,16,18)(H,20,21)/t6-,7+,8-,9-,10-/m0/s1. The maximum absolute atomic E-state index is 12.2. The molecule has 5 atom stereocenters. The van der Waals surface area contributed by atoms with Crippen LogP contribution in [0.25, 0.3) is 0 Å². The van der Waals surface area contributed by atoms with E-state index in [9.17, 15) is 19.5 Å². The molecule has 8 nitrogen and oxygen atoms in total. The predicted octanol–water partition coefficient (Wildman–Crippen LogP) is -1.28. The van der Waals surface area contributed by atoms with Crippen LogP contribution < -0.4 is 16.4 Å². The van der Waals surface area contributed by atoms with Crippen molar-refractivity contribution in [1.29, 1.82) is 0 Å². The minimum Gasteiger partial charge on any atom is -0.480 e. The van der Waals surface area contributed by atoms with Gasteiger partial charge in [-0.2, -0.15) is 12.6 Å². The average Bonchev–Trinajstić information content (AvgIpc) is 2.47. The van der Waals surface area contributed by atoms with Gasteiger partial charge in [-0.3, -0.25) is 9.59 Å². The molecule has 0 unspecified atom stereocenters. The zero-order valence-electron chi connectivity index (χ0n) is 12.9. The van der Waals surface area contributed by atoms with E-state index < -0.39 is 42.0 Å². The summed E-state index contributed by atoms with van der Waals surface area (Å²) in [5.41, 5.74) is 5.49. The number of thiol groups is 1. The number of carbonyl (C=O) groups is 3. The second kappa shape index (κ2) is 9.65. The molecule has 0 fully saturated rings. The number of rotatable bonds is 9. The van der Waals surface area contributed by atoms with Crippen molar-refractivity contribution >= 4 is 30.4 Å². The van der Waals surface area contributed by atoms with Crippen molar-refractivity contribution in [3.05, 3.63) is 0 Å². The first-order chi connectivity index (χ1) is 10.1. The first-order valence-corrected chi connectivity index (χ1v) is 7.66. The molecule has 0 heterocycles. The Morgan fingerprint density at radius 2 is 1.64 bits per heavy atom. The number of hydrogen-bond donors (Lipinski definition) is 6. The summed E-state index contributed by atoms with van der Waals surface area (Å²) in [6, 6.07) is -3.32. The van der Waals surface area contributed by atoms with Crippen molar-refractivity contribution < 1.29 is 24.6 Å². The molecule has 0 aromatic heterocycles. The van der Waals surface area contributed by atoms with Crippen LogP contribution in [0.1, 0.15) is 27.2 Å². The summed E-state index contributed by atoms with van der Waals surface area (Å²) in [7, 11) is 0. The minimum absolute atomic E-state index is 0.0740. The molecule has 9 heteroatoms. The van der Waals surface area contributed by atoms with E-state index in [1.54, 1.807) is 13.8 Å². The van der Waals surface area contributed by atoms with E-state index in [1.807, 2.05) is 0 Å². The molecule has 0 aromatic carbocycles. The molecule has 0 saturated heterocycles. The lowest BCUT2D eigenvalue weighted by molar-refractivity contribution is -0.144. The van der Waals surface area contributed by atoms with Gasteiger partial charge in [0.05, 0.1) is 12.1 Å². The zero-order valence-corrected chi connectivity index (χ0v) is 13.8. The highest BCUT2D eigenvalue weighted by Gasteiger charge is 2.32. The van der Waals surface area contributed by atoms with Crippen LogP contribution in [0.2, 0.25) is 0 Å². The van der Waals surface area contributed by atoms with Crippen molar-refractivity contribution in [1.82, 2.24) is 10.6 Å². The molecule has 128 valence electrons. The van der Waals surface area contributed by atoms with Gasteiger partial charge in [0.15, 0.2) is 0 Å². The molecule has 0 saturated carbocycles. The summed E-state index contributed by atoms with van der Waals surface area (Å²) < 4.78 is 0. The quantitative estimate of drug-likeness (QED) is 0.290. The Bertz CT molecular complexity index is 405. The number of hydrogen-bond acceptors (Lipinski definition) is 6. The van der Waals surface area contributed by atoms with Crippen molar-refractivity contribution in [3.8, 4) is 0 Å². The third-order valence-electron chi connectivity index (χ3n) is 3.37. The van der Waals surface area contributed by atoms with Crippen molar-refractivity contribution in [2.24, 2.45) is 11.7 Å². The topological polar surface area (TPSA) is 142 Å². The summed E-state index contributed by atoms with van der Waals surface area (Å²) in [6.07, 6.45) is -0.657. The fourth-order valence-electron chi connectivity index (χ4n) is 1.67. The van der Waals surface area contributed by atoms with Crippen LogP contribution in [-0.2, 0) is 14.4 Å². The van der Waals surface area contributed by atoms with Crippen molar-refractivity contribution in [3.63, 3.8) is 0 Å². The second-order valence-corrected chi connectivity index (χ2v) is 5.59. The van der Waals surface area contributed by atoms with Crippen LogP contribution in [0.3, 0.4) is 0 Å². The Balaban J connectivity index is 4.99. The normalized spacial score (nSPS) is 17.7. The molecule has 0 bridgehead atoms. The summed E-state index contributed by atoms with van der Waals surface area (Å²) in [4.78, 5) is 35.1. The lowest BCUT2D eigenvalue weighted by atomic mass is 9.98. The highest BCUT2D eigenvalue weighted by molar-refractivity contribution is 7.80. The van der Waals surface area contributed by atoms with E-state index in [0.29, 0.717) is 6.42 Å². The number of amides is 2. The van der Waals surface area contributed by atoms with Crippen LogP contribution in [0, 0.1) is 5.92 Å². The Morgan fingerprint density at radius 1 is 1.14 bits per heavy atom. The van der Waals surface area contributed by atoms with E-state index in [0.717, 1.165) is 0 Å². The van der Waals surface area contributed by atoms with Gasteiger partial charge in [-0.05, 0) is 12.8 Å². The predicted molar refractivity (Wildman–Crippen MR) is 84.5 cm³/mol. The van der Waals surface area contributed by atoms with Crippen LogP contribution in [0.15, 0.2) is 0 Å². The SMILES string of the molecule is CC[C@H](C)[C@H](NC(=O)[C@@H](NC(=O)[C@@H](N)CS)[C@@H](C)O)C(=O)O. The highest BCUT2D eigenvalue weighted by Crippen LogP contribution is 2.08. The number of carboxylic acid groups (broad SMARTS) is 1. The molecule has 0 aliphatic heterocycles. The Morgan fingerprint density at radius 3 is 2.00 bits per heavy atom. The monoisotopic (exact) mass is 335 g/mol. The van der Waals surface area contributed by atoms with Gasteiger partial charge in [-0.25, -0.2) is 4.79 Å². The molecule has 0 radical (unpaired) electrons. The van der Waals surface area contributed by atoms with Gasteiger partial charge in [-0.1, -0.05) is 20.3 Å². The minimum atomic E-state index is -1.29. The van der Waals surface area contributed by atoms with E-state index in [2.05, 4.69) is 23.3 Å². The number of carboxylic acids is 1. The number of carbonyl (C=O) groups excluding carboxylic acids is 2. The summed E-state index contributed by atoms with van der Waals surface area (Å²) in [5, 5.41) is 23.4. The van der Waals surface area contributed by atoms with Crippen LogP contribution in [0.5, 0.6) is 0 Å². The van der Waals surface area contributed by atoms with Gasteiger partial charge >= 0.3 is 5.97 Å². The van der Waals surface area contributed by atoms with Crippen LogP contribution >= 0.6 is 12.6 Å². The molecule has 22 heavy (non-hydrogen) atoms. The number of aliphatic carboxylic acids is 1. The van der Waals surface area contributed by atoms with Gasteiger partial charge < -0.3 is 26.6 Å². The Hall–Kier alpha value is -1.32. The maximum Gasteiger partial charge on any atom is 0.326 e. The largest absolute Gasteiger partial charge is 0.480 e. The summed E-state index contributed by atoms with van der Waals surface area (Å²) in [6.45, 7) is 4.80. The second-order valence-electron chi connectivity index (χ2n) is 5.23. The zero-order chi connectivity index (χ0) is 17.4. The van der Waals surface area contributed by atoms with E-state index in [-0.39, 0.29) is 11.7 Å². The van der Waals surface area contributed by atoms with Crippen molar-refractivity contribution in [2.75, 3.05) is 5.75 Å². The van der Waals surface area contributed by atoms with Gasteiger partial charge in [0.25, 0.3) is 0 Å². The molecule has 6 N–H and O–H groups in total. The average molecular weight is 335 g/mol. The molecule has 0 aromatic rings. The van der Waals surface area contributed by atoms with Crippen LogP contribution in [-0.4, -0.2) is 58.0 Å². The Labute approximate surface area is 135 Å². The van der Waals surface area contributed by atoms with Gasteiger partial charge in [0.2, 0.25) is 11.8 Å². The lowest BCUT2D eigenvalue weighted by Crippen LogP contribution is -2.59. The molecule has 2 amide bonds. The first kappa shape index (κ1) is 20.7. The summed E-state index contributed by atoms with van der Waals surface area (Å²) >= 11 is 3.88.